The van der Waals surface area contributed by atoms with Crippen molar-refractivity contribution in [2.45, 2.75) is 31.8 Å². The highest BCUT2D eigenvalue weighted by Crippen LogP contribution is 2.30. The molecule has 0 heterocycles. The number of nitrogens with one attached hydrogen (secondary N) is 1. The minimum atomic E-state index is -0.621. The molecule has 0 aromatic rings. The van der Waals surface area contributed by atoms with Gasteiger partial charge in [-0.25, -0.2) is 4.79 Å². The summed E-state index contributed by atoms with van der Waals surface area (Å²) >= 11 is 0. The minimum Gasteiger partial charge on any atom is -0.388 e. The first-order valence-electron chi connectivity index (χ1n) is 4.79. The number of hydrogen-bond donors (Lipinski definition) is 2. The van der Waals surface area contributed by atoms with E-state index in [9.17, 15) is 9.90 Å². The van der Waals surface area contributed by atoms with Crippen molar-refractivity contribution in [2.75, 3.05) is 20.1 Å². The quantitative estimate of drug-likeness (QED) is 0.676. The highest BCUT2D eigenvalue weighted by atomic mass is 16.3. The smallest absolute Gasteiger partial charge is 0.317 e. The van der Waals surface area contributed by atoms with Gasteiger partial charge in [0.1, 0.15) is 0 Å². The Kier molecular flexibility index (Phi) is 3.14. The Morgan fingerprint density at radius 3 is 2.62 bits per heavy atom. The summed E-state index contributed by atoms with van der Waals surface area (Å²) < 4.78 is 0. The van der Waals surface area contributed by atoms with Crippen molar-refractivity contribution >= 4 is 6.03 Å². The van der Waals surface area contributed by atoms with E-state index in [4.69, 9.17) is 0 Å². The Bertz CT molecular complexity index is 190. The number of hydrogen-bond acceptors (Lipinski definition) is 2. The second-order valence-corrected chi connectivity index (χ2v) is 3.75. The number of carbonyl (C=O) groups is 1. The maximum Gasteiger partial charge on any atom is 0.317 e. The monoisotopic (exact) mass is 186 g/mol. The highest BCUT2D eigenvalue weighted by molar-refractivity contribution is 5.73. The molecule has 0 atom stereocenters. The molecule has 1 aliphatic rings. The van der Waals surface area contributed by atoms with Gasteiger partial charge in [-0.15, -0.1) is 0 Å². The molecule has 4 heteroatoms. The van der Waals surface area contributed by atoms with Crippen molar-refractivity contribution in [2.24, 2.45) is 0 Å². The lowest BCUT2D eigenvalue weighted by atomic mass is 9.80. The average Bonchev–Trinajstić information content (AvgIpc) is 2.09. The van der Waals surface area contributed by atoms with Gasteiger partial charge in [0.15, 0.2) is 0 Å². The van der Waals surface area contributed by atoms with E-state index >= 15 is 0 Å². The SMILES string of the molecule is CCN(C)C(=O)NCC1(O)CCC1. The van der Waals surface area contributed by atoms with E-state index in [2.05, 4.69) is 5.32 Å². The average molecular weight is 186 g/mol. The molecule has 1 saturated carbocycles. The highest BCUT2D eigenvalue weighted by Gasteiger charge is 2.34. The fraction of sp³-hybridized carbons (Fsp3) is 0.889. The number of urea groups is 1. The zero-order chi connectivity index (χ0) is 9.90. The third-order valence-corrected chi connectivity index (χ3v) is 2.67. The predicted octanol–water partition coefficient (Wildman–Crippen LogP) is 0.563. The van der Waals surface area contributed by atoms with Gasteiger partial charge in [0.25, 0.3) is 0 Å². The molecule has 13 heavy (non-hydrogen) atoms. The van der Waals surface area contributed by atoms with Crippen LogP contribution in [0.5, 0.6) is 0 Å². The van der Waals surface area contributed by atoms with Gasteiger partial charge in [-0.1, -0.05) is 0 Å². The molecule has 0 aromatic heterocycles. The van der Waals surface area contributed by atoms with E-state index in [0.29, 0.717) is 13.1 Å². The number of rotatable bonds is 3. The lowest BCUT2D eigenvalue weighted by Gasteiger charge is -2.36. The zero-order valence-electron chi connectivity index (χ0n) is 8.34. The maximum absolute atomic E-state index is 11.3. The van der Waals surface area contributed by atoms with E-state index in [1.807, 2.05) is 6.92 Å². The van der Waals surface area contributed by atoms with Crippen molar-refractivity contribution in [3.05, 3.63) is 0 Å². The number of nitrogens with zero attached hydrogens (tertiary/aromatic N) is 1. The van der Waals surface area contributed by atoms with Crippen LogP contribution in [0.15, 0.2) is 0 Å². The molecule has 0 aliphatic heterocycles. The lowest BCUT2D eigenvalue weighted by molar-refractivity contribution is -0.0295. The van der Waals surface area contributed by atoms with Crippen LogP contribution in [0.4, 0.5) is 4.79 Å². The van der Waals surface area contributed by atoms with Crippen LogP contribution >= 0.6 is 0 Å². The molecule has 0 saturated heterocycles. The fourth-order valence-electron chi connectivity index (χ4n) is 1.28. The largest absolute Gasteiger partial charge is 0.388 e. The van der Waals surface area contributed by atoms with Gasteiger partial charge in [0.05, 0.1) is 5.60 Å². The van der Waals surface area contributed by atoms with Crippen LogP contribution in [0, 0.1) is 0 Å². The third kappa shape index (κ3) is 2.59. The van der Waals surface area contributed by atoms with Gasteiger partial charge in [0.2, 0.25) is 0 Å². The summed E-state index contributed by atoms with van der Waals surface area (Å²) in [5.74, 6) is 0. The van der Waals surface area contributed by atoms with Crippen LogP contribution in [-0.2, 0) is 0 Å². The summed E-state index contributed by atoms with van der Waals surface area (Å²) in [5, 5.41) is 12.4. The van der Waals surface area contributed by atoms with Crippen molar-refractivity contribution in [1.82, 2.24) is 10.2 Å². The molecule has 76 valence electrons. The molecule has 0 unspecified atom stereocenters. The van der Waals surface area contributed by atoms with Gasteiger partial charge in [-0.2, -0.15) is 0 Å². The van der Waals surface area contributed by atoms with Gasteiger partial charge >= 0.3 is 6.03 Å². The van der Waals surface area contributed by atoms with Crippen LogP contribution in [0.1, 0.15) is 26.2 Å². The standard InChI is InChI=1S/C9H18N2O2/c1-3-11(2)8(12)10-7-9(13)5-4-6-9/h13H,3-7H2,1-2H3,(H,10,12). The van der Waals surface area contributed by atoms with Crippen LogP contribution in [0.25, 0.3) is 0 Å². The number of aliphatic hydroxyl groups is 1. The van der Waals surface area contributed by atoms with Crippen molar-refractivity contribution in [3.63, 3.8) is 0 Å². The molecule has 1 fully saturated rings. The molecule has 1 rings (SSSR count). The first-order chi connectivity index (χ1) is 6.07. The summed E-state index contributed by atoms with van der Waals surface area (Å²) in [7, 11) is 1.74. The van der Waals surface area contributed by atoms with Gasteiger partial charge in [-0.05, 0) is 26.2 Å². The molecule has 0 radical (unpaired) electrons. The molecule has 1 aliphatic carbocycles. The Morgan fingerprint density at radius 1 is 1.62 bits per heavy atom. The minimum absolute atomic E-state index is 0.108. The second-order valence-electron chi connectivity index (χ2n) is 3.75. The number of amides is 2. The molecule has 0 spiro atoms. The topological polar surface area (TPSA) is 52.6 Å². The van der Waals surface area contributed by atoms with Gasteiger partial charge in [0, 0.05) is 20.1 Å². The molecular weight excluding hydrogens is 168 g/mol. The Balaban J connectivity index is 2.21. The summed E-state index contributed by atoms with van der Waals surface area (Å²) in [6.07, 6.45) is 2.68. The van der Waals surface area contributed by atoms with Crippen molar-refractivity contribution in [1.29, 1.82) is 0 Å². The van der Waals surface area contributed by atoms with Crippen molar-refractivity contribution < 1.29 is 9.90 Å². The van der Waals surface area contributed by atoms with Gasteiger partial charge < -0.3 is 15.3 Å². The maximum atomic E-state index is 11.3. The zero-order valence-corrected chi connectivity index (χ0v) is 8.34. The predicted molar refractivity (Wildman–Crippen MR) is 50.5 cm³/mol. The van der Waals surface area contributed by atoms with Crippen LogP contribution in [-0.4, -0.2) is 41.8 Å². The lowest BCUT2D eigenvalue weighted by Crippen LogP contribution is -2.50. The Morgan fingerprint density at radius 2 is 2.23 bits per heavy atom. The fourth-order valence-corrected chi connectivity index (χ4v) is 1.28. The van der Waals surface area contributed by atoms with Gasteiger partial charge in [-0.3, -0.25) is 0 Å². The Labute approximate surface area is 78.9 Å². The molecule has 2 N–H and O–H groups in total. The first kappa shape index (κ1) is 10.3. The van der Waals surface area contributed by atoms with E-state index in [1.165, 1.54) is 0 Å². The Hall–Kier alpha value is -0.770. The summed E-state index contributed by atoms with van der Waals surface area (Å²) in [5.41, 5.74) is -0.621. The first-order valence-corrected chi connectivity index (χ1v) is 4.79. The van der Waals surface area contributed by atoms with Crippen LogP contribution in [0.2, 0.25) is 0 Å². The normalized spacial score (nSPS) is 19.0. The summed E-state index contributed by atoms with van der Waals surface area (Å²) in [4.78, 5) is 12.8. The van der Waals surface area contributed by atoms with E-state index < -0.39 is 5.60 Å². The third-order valence-electron chi connectivity index (χ3n) is 2.67. The molecule has 0 bridgehead atoms. The summed E-state index contributed by atoms with van der Waals surface area (Å²) in [6, 6.07) is -0.108. The van der Waals surface area contributed by atoms with Crippen LogP contribution in [0.3, 0.4) is 0 Å². The van der Waals surface area contributed by atoms with Crippen molar-refractivity contribution in [3.8, 4) is 0 Å². The van der Waals surface area contributed by atoms with E-state index in [0.717, 1.165) is 19.3 Å². The summed E-state index contributed by atoms with van der Waals surface area (Å²) in [6.45, 7) is 2.98. The molecule has 2 amide bonds. The number of carbonyl (C=O) groups excluding carboxylic acids is 1. The second kappa shape index (κ2) is 3.96. The molecule has 4 nitrogen and oxygen atoms in total. The van der Waals surface area contributed by atoms with E-state index in [-0.39, 0.29) is 6.03 Å². The molecular formula is C9H18N2O2. The van der Waals surface area contributed by atoms with Crippen LogP contribution < -0.4 is 5.32 Å². The molecule has 0 aromatic carbocycles. The van der Waals surface area contributed by atoms with E-state index in [1.54, 1.807) is 11.9 Å².